The fourth-order valence-corrected chi connectivity index (χ4v) is 5.64. The Balaban J connectivity index is 1.36. The highest BCUT2D eigenvalue weighted by molar-refractivity contribution is 6.32. The highest BCUT2D eigenvalue weighted by atomic mass is 35.5. The van der Waals surface area contributed by atoms with Crippen molar-refractivity contribution in [1.29, 1.82) is 5.26 Å². The van der Waals surface area contributed by atoms with E-state index in [0.717, 1.165) is 16.7 Å². The zero-order valence-corrected chi connectivity index (χ0v) is 24.5. The Kier molecular flexibility index (Phi) is 8.46. The lowest BCUT2D eigenvalue weighted by Gasteiger charge is -2.35. The van der Waals surface area contributed by atoms with Gasteiger partial charge >= 0.3 is 11.7 Å². The van der Waals surface area contributed by atoms with E-state index in [1.54, 1.807) is 13.8 Å². The van der Waals surface area contributed by atoms with Crippen LogP contribution in [0.1, 0.15) is 38.3 Å². The summed E-state index contributed by atoms with van der Waals surface area (Å²) < 4.78 is 49.8. The van der Waals surface area contributed by atoms with Gasteiger partial charge < -0.3 is 20.3 Å². The molecule has 0 spiro atoms. The molecule has 2 fully saturated rings. The molecule has 1 aromatic heterocycles. The first-order valence-electron chi connectivity index (χ1n) is 13.8. The predicted octanol–water partition coefficient (Wildman–Crippen LogP) is 4.32. The van der Waals surface area contributed by atoms with E-state index in [9.17, 15) is 28.0 Å². The van der Waals surface area contributed by atoms with E-state index >= 15 is 4.39 Å². The molecule has 5 rings (SSSR count). The Morgan fingerprint density at radius 1 is 1.18 bits per heavy atom. The highest BCUT2D eigenvalue weighted by Crippen LogP contribution is 2.42. The van der Waals surface area contributed by atoms with E-state index in [1.807, 2.05) is 6.07 Å². The lowest BCUT2D eigenvalue weighted by molar-refractivity contribution is -0.131. The number of anilines is 2. The summed E-state index contributed by atoms with van der Waals surface area (Å²) in [5, 5.41) is 14.1. The number of morpholine rings is 1. The standard InChI is InChI=1S/C29H28ClF3N6O5/c1-15(2)39-23-9-21(31)22(8-19(23)26(41)38(28(39)43)13-16-10-29(32,33)11-16)36-27(42)37-5-6-44-24(14-37)25(40)35-18-4-3-17(12-34)20(30)7-18/h3-4,7-9,15-16,24H,5-6,10-11,13-14H2,1-2H3,(H,35,40)(H,36,42). The van der Waals surface area contributed by atoms with E-state index in [2.05, 4.69) is 10.6 Å². The van der Waals surface area contributed by atoms with Crippen molar-refractivity contribution in [1.82, 2.24) is 14.0 Å². The largest absolute Gasteiger partial charge is 0.365 e. The Bertz CT molecular complexity index is 1810. The molecule has 1 aliphatic carbocycles. The fraction of sp³-hybridized carbons (Fsp3) is 0.414. The number of halogens is 4. The average Bonchev–Trinajstić information content (AvgIpc) is 2.95. The minimum atomic E-state index is -2.83. The van der Waals surface area contributed by atoms with Crippen LogP contribution in [0.4, 0.5) is 29.3 Å². The van der Waals surface area contributed by atoms with Gasteiger partial charge in [0.1, 0.15) is 11.9 Å². The van der Waals surface area contributed by atoms with Crippen molar-refractivity contribution >= 4 is 45.8 Å². The number of hydrogen-bond donors (Lipinski definition) is 2. The van der Waals surface area contributed by atoms with Gasteiger partial charge in [0.05, 0.1) is 40.3 Å². The first-order chi connectivity index (χ1) is 20.8. The molecule has 44 heavy (non-hydrogen) atoms. The lowest BCUT2D eigenvalue weighted by Crippen LogP contribution is -2.51. The van der Waals surface area contributed by atoms with E-state index in [1.165, 1.54) is 27.7 Å². The van der Waals surface area contributed by atoms with E-state index < -0.39 is 65.8 Å². The number of carbonyl (C=O) groups excluding carboxylic acids is 2. The number of benzene rings is 2. The Morgan fingerprint density at radius 2 is 1.91 bits per heavy atom. The molecule has 2 N–H and O–H groups in total. The van der Waals surface area contributed by atoms with Gasteiger partial charge in [-0.1, -0.05) is 11.6 Å². The number of amides is 3. The van der Waals surface area contributed by atoms with Crippen LogP contribution in [-0.2, 0) is 16.1 Å². The summed E-state index contributed by atoms with van der Waals surface area (Å²) in [4.78, 5) is 53.7. The maximum absolute atomic E-state index is 15.3. The molecule has 2 aliphatic rings. The molecule has 0 radical (unpaired) electrons. The van der Waals surface area contributed by atoms with Crippen LogP contribution in [0.15, 0.2) is 39.9 Å². The van der Waals surface area contributed by atoms with Crippen LogP contribution in [0.5, 0.6) is 0 Å². The third-order valence-electron chi connectivity index (χ3n) is 7.63. The molecule has 1 saturated carbocycles. The summed E-state index contributed by atoms with van der Waals surface area (Å²) in [6.07, 6.45) is -1.96. The van der Waals surface area contributed by atoms with Gasteiger partial charge in [0.15, 0.2) is 6.10 Å². The smallest absolute Gasteiger partial charge is 0.331 e. The molecule has 3 amide bonds. The number of rotatable bonds is 6. The minimum absolute atomic E-state index is 0.00538. The van der Waals surface area contributed by atoms with E-state index in [-0.39, 0.29) is 53.4 Å². The van der Waals surface area contributed by atoms with Gasteiger partial charge in [-0.2, -0.15) is 5.26 Å². The molecule has 3 aromatic rings. The van der Waals surface area contributed by atoms with Gasteiger partial charge in [0.2, 0.25) is 5.92 Å². The Morgan fingerprint density at radius 3 is 2.55 bits per heavy atom. The van der Waals surface area contributed by atoms with Crippen molar-refractivity contribution in [3.05, 3.63) is 67.6 Å². The second kappa shape index (κ2) is 12.0. The Labute approximate surface area is 253 Å². The maximum Gasteiger partial charge on any atom is 0.331 e. The van der Waals surface area contributed by atoms with Gasteiger partial charge in [-0.3, -0.25) is 18.7 Å². The minimum Gasteiger partial charge on any atom is -0.365 e. The van der Waals surface area contributed by atoms with Gasteiger partial charge in [-0.15, -0.1) is 0 Å². The monoisotopic (exact) mass is 632 g/mol. The number of nitrogens with one attached hydrogen (secondary N) is 2. The lowest BCUT2D eigenvalue weighted by atomic mass is 9.81. The van der Waals surface area contributed by atoms with Crippen molar-refractivity contribution < 1.29 is 27.5 Å². The van der Waals surface area contributed by atoms with Crippen LogP contribution in [-0.4, -0.2) is 57.7 Å². The predicted molar refractivity (Wildman–Crippen MR) is 156 cm³/mol. The molecule has 11 nitrogen and oxygen atoms in total. The van der Waals surface area contributed by atoms with Crippen molar-refractivity contribution in [2.75, 3.05) is 30.3 Å². The molecule has 0 bridgehead atoms. The van der Waals surface area contributed by atoms with Gasteiger partial charge in [0, 0.05) is 43.7 Å². The number of nitriles is 1. The molecule has 15 heteroatoms. The number of alkyl halides is 2. The third-order valence-corrected chi connectivity index (χ3v) is 7.95. The first-order valence-corrected chi connectivity index (χ1v) is 14.2. The molecule has 2 heterocycles. The number of urea groups is 1. The summed E-state index contributed by atoms with van der Waals surface area (Å²) in [5.74, 6) is -4.88. The second-order valence-corrected chi connectivity index (χ2v) is 11.6. The summed E-state index contributed by atoms with van der Waals surface area (Å²) >= 11 is 6.02. The van der Waals surface area contributed by atoms with Crippen LogP contribution < -0.4 is 21.9 Å². The van der Waals surface area contributed by atoms with Gasteiger partial charge in [0.25, 0.3) is 11.5 Å². The zero-order chi connectivity index (χ0) is 31.9. The Hall–Kier alpha value is -4.35. The summed E-state index contributed by atoms with van der Waals surface area (Å²) in [5.41, 5.74) is -1.29. The van der Waals surface area contributed by atoms with Crippen LogP contribution in [0.3, 0.4) is 0 Å². The topological polar surface area (TPSA) is 138 Å². The average molecular weight is 633 g/mol. The van der Waals surface area contributed by atoms with Crippen LogP contribution in [0.2, 0.25) is 5.02 Å². The molecule has 232 valence electrons. The first kappa shape index (κ1) is 31.1. The van der Waals surface area contributed by atoms with Crippen LogP contribution >= 0.6 is 11.6 Å². The van der Waals surface area contributed by atoms with Crippen molar-refractivity contribution in [3.63, 3.8) is 0 Å². The van der Waals surface area contributed by atoms with Gasteiger partial charge in [-0.25, -0.2) is 22.8 Å². The SMILES string of the molecule is CC(C)n1c(=O)n(CC2CC(F)(F)C2)c(=O)c2cc(NC(=O)N3CCOC(C(=O)Nc4ccc(C#N)c(Cl)c4)C3)c(F)cc21. The number of carbonyl (C=O) groups is 2. The number of hydrogen-bond acceptors (Lipinski definition) is 6. The van der Waals surface area contributed by atoms with Crippen LogP contribution in [0.25, 0.3) is 10.9 Å². The summed E-state index contributed by atoms with van der Waals surface area (Å²) in [7, 11) is 0. The van der Waals surface area contributed by atoms with E-state index in [4.69, 9.17) is 21.6 Å². The number of fused-ring (bicyclic) bond motifs is 1. The number of ether oxygens (including phenoxy) is 1. The molecular formula is C29H28ClF3N6O5. The molecule has 2 aromatic carbocycles. The molecular weight excluding hydrogens is 605 g/mol. The number of aromatic nitrogens is 2. The van der Waals surface area contributed by atoms with Crippen LogP contribution in [0, 0.1) is 23.1 Å². The quantitative estimate of drug-likeness (QED) is 0.415. The molecule has 1 atom stereocenters. The summed E-state index contributed by atoms with van der Waals surface area (Å²) in [6, 6.07) is 7.10. The number of nitrogens with zero attached hydrogens (tertiary/aromatic N) is 4. The fourth-order valence-electron chi connectivity index (χ4n) is 5.42. The summed E-state index contributed by atoms with van der Waals surface area (Å²) in [6.45, 7) is 3.04. The maximum atomic E-state index is 15.3. The van der Waals surface area contributed by atoms with Crippen molar-refractivity contribution in [3.8, 4) is 6.07 Å². The van der Waals surface area contributed by atoms with Crippen molar-refractivity contribution in [2.24, 2.45) is 5.92 Å². The molecule has 1 aliphatic heterocycles. The highest BCUT2D eigenvalue weighted by Gasteiger charge is 2.45. The third kappa shape index (κ3) is 6.15. The molecule has 1 unspecified atom stereocenters. The van der Waals surface area contributed by atoms with Gasteiger partial charge in [-0.05, 0) is 44.0 Å². The van der Waals surface area contributed by atoms with Crippen molar-refractivity contribution in [2.45, 2.75) is 51.3 Å². The zero-order valence-electron chi connectivity index (χ0n) is 23.7. The second-order valence-electron chi connectivity index (χ2n) is 11.2. The normalized spacial score (nSPS) is 18.1. The van der Waals surface area contributed by atoms with E-state index in [0.29, 0.717) is 5.69 Å². The molecule has 1 saturated heterocycles.